The van der Waals surface area contributed by atoms with E-state index in [0.29, 0.717) is 6.42 Å². The number of ether oxygens (including phenoxy) is 2. The van der Waals surface area contributed by atoms with Gasteiger partial charge in [0, 0.05) is 0 Å². The zero-order valence-electron chi connectivity index (χ0n) is 13.4. The first-order valence-corrected chi connectivity index (χ1v) is 7.22. The molecule has 0 saturated heterocycles. The molecule has 0 saturated carbocycles. The number of amides is 1. The molecule has 2 atom stereocenters. The van der Waals surface area contributed by atoms with Gasteiger partial charge in [-0.1, -0.05) is 26.3 Å². The van der Waals surface area contributed by atoms with Crippen molar-refractivity contribution >= 4 is 17.8 Å². The second kappa shape index (κ2) is 8.77. The molecule has 0 unspecified atom stereocenters. The van der Waals surface area contributed by atoms with E-state index < -0.39 is 30.5 Å². The van der Waals surface area contributed by atoms with Crippen molar-refractivity contribution in [1.82, 2.24) is 5.32 Å². The molecule has 0 aliphatic carbocycles. The van der Waals surface area contributed by atoms with Gasteiger partial charge >= 0.3 is 11.9 Å². The lowest BCUT2D eigenvalue weighted by atomic mass is 9.99. The van der Waals surface area contributed by atoms with E-state index in [1.165, 1.54) is 31.4 Å². The van der Waals surface area contributed by atoms with Crippen molar-refractivity contribution in [2.24, 2.45) is 5.92 Å². The average Bonchev–Trinajstić information content (AvgIpc) is 2.56. The van der Waals surface area contributed by atoms with Gasteiger partial charge in [-0.2, -0.15) is 0 Å². The summed E-state index contributed by atoms with van der Waals surface area (Å²) in [7, 11) is 1.24. The van der Waals surface area contributed by atoms with Crippen LogP contribution >= 0.6 is 0 Å². The molecule has 1 aromatic carbocycles. The predicted octanol–water partition coefficient (Wildman–Crippen LogP) is 1.25. The van der Waals surface area contributed by atoms with Gasteiger partial charge in [-0.25, -0.2) is 9.59 Å². The molecular formula is C16H21NO6. The van der Waals surface area contributed by atoms with Crippen LogP contribution in [0.2, 0.25) is 0 Å². The fraction of sp³-hybridized carbons (Fsp3) is 0.438. The van der Waals surface area contributed by atoms with Crippen molar-refractivity contribution < 1.29 is 29.0 Å². The number of esters is 2. The molecule has 23 heavy (non-hydrogen) atoms. The number of hydrogen-bond donors (Lipinski definition) is 2. The maximum atomic E-state index is 11.9. The van der Waals surface area contributed by atoms with Gasteiger partial charge in [0.05, 0.1) is 12.7 Å². The van der Waals surface area contributed by atoms with Gasteiger partial charge in [-0.3, -0.25) is 4.79 Å². The lowest BCUT2D eigenvalue weighted by Gasteiger charge is -2.21. The third-order valence-corrected chi connectivity index (χ3v) is 3.40. The van der Waals surface area contributed by atoms with Gasteiger partial charge in [0.15, 0.2) is 6.61 Å². The summed E-state index contributed by atoms with van der Waals surface area (Å²) >= 11 is 0. The van der Waals surface area contributed by atoms with Crippen LogP contribution in [-0.4, -0.2) is 42.7 Å². The highest BCUT2D eigenvalue weighted by atomic mass is 16.5. The molecule has 0 aliphatic rings. The molecule has 7 nitrogen and oxygen atoms in total. The summed E-state index contributed by atoms with van der Waals surface area (Å²) in [5.74, 6) is -2.09. The van der Waals surface area contributed by atoms with E-state index >= 15 is 0 Å². The van der Waals surface area contributed by atoms with Crippen molar-refractivity contribution in [2.45, 2.75) is 26.3 Å². The minimum Gasteiger partial charge on any atom is -0.508 e. The van der Waals surface area contributed by atoms with Gasteiger partial charge in [0.2, 0.25) is 0 Å². The third kappa shape index (κ3) is 5.61. The number of carbonyl (C=O) groups excluding carboxylic acids is 3. The maximum Gasteiger partial charge on any atom is 0.338 e. The summed E-state index contributed by atoms with van der Waals surface area (Å²) in [4.78, 5) is 35.3. The van der Waals surface area contributed by atoms with Crippen molar-refractivity contribution in [3.8, 4) is 5.75 Å². The molecule has 0 heterocycles. The summed E-state index contributed by atoms with van der Waals surface area (Å²) in [6, 6.07) is 4.79. The quantitative estimate of drug-likeness (QED) is 0.732. The first-order chi connectivity index (χ1) is 10.9. The minimum absolute atomic E-state index is 0.0774. The van der Waals surface area contributed by atoms with E-state index in [4.69, 9.17) is 4.74 Å². The standard InChI is InChI=1S/C16H21NO6/c1-4-10(2)14(16(21)22-3)17-13(19)9-23-15(20)11-6-5-7-12(18)8-11/h5-8,10,14,18H,4,9H2,1-3H3,(H,17,19)/t10-,14+/m1/s1. The Balaban J connectivity index is 2.58. The zero-order chi connectivity index (χ0) is 17.4. The topological polar surface area (TPSA) is 102 Å². The normalized spacial score (nSPS) is 12.8. The van der Waals surface area contributed by atoms with Gasteiger partial charge in [0.1, 0.15) is 11.8 Å². The van der Waals surface area contributed by atoms with Crippen LogP contribution in [0.3, 0.4) is 0 Å². The van der Waals surface area contributed by atoms with Crippen LogP contribution in [0.15, 0.2) is 24.3 Å². The van der Waals surface area contributed by atoms with E-state index in [9.17, 15) is 19.5 Å². The molecule has 0 radical (unpaired) electrons. The molecule has 0 fully saturated rings. The number of nitrogens with one attached hydrogen (secondary N) is 1. The lowest BCUT2D eigenvalue weighted by Crippen LogP contribution is -2.47. The average molecular weight is 323 g/mol. The lowest BCUT2D eigenvalue weighted by molar-refractivity contribution is -0.147. The summed E-state index contributed by atoms with van der Waals surface area (Å²) in [5.41, 5.74) is 0.129. The summed E-state index contributed by atoms with van der Waals surface area (Å²) in [6.45, 7) is 3.16. The number of phenols is 1. The molecule has 126 valence electrons. The second-order valence-corrected chi connectivity index (χ2v) is 5.08. The van der Waals surface area contributed by atoms with Crippen molar-refractivity contribution in [1.29, 1.82) is 0 Å². The number of benzene rings is 1. The van der Waals surface area contributed by atoms with Gasteiger partial charge in [-0.15, -0.1) is 0 Å². The van der Waals surface area contributed by atoms with Crippen LogP contribution in [0, 0.1) is 5.92 Å². The Labute approximate surface area is 134 Å². The molecule has 1 rings (SSSR count). The van der Waals surface area contributed by atoms with Crippen LogP contribution < -0.4 is 5.32 Å². The first-order valence-electron chi connectivity index (χ1n) is 7.22. The Bertz CT molecular complexity index is 571. The highest BCUT2D eigenvalue weighted by molar-refractivity contribution is 5.92. The minimum atomic E-state index is -0.794. The highest BCUT2D eigenvalue weighted by Gasteiger charge is 2.27. The molecule has 1 amide bonds. The van der Waals surface area contributed by atoms with Crippen LogP contribution in [0.1, 0.15) is 30.6 Å². The number of aromatic hydroxyl groups is 1. The molecule has 0 bridgehead atoms. The third-order valence-electron chi connectivity index (χ3n) is 3.40. The first kappa shape index (κ1) is 18.5. The zero-order valence-corrected chi connectivity index (χ0v) is 13.4. The summed E-state index contributed by atoms with van der Waals surface area (Å²) in [5, 5.41) is 11.8. The second-order valence-electron chi connectivity index (χ2n) is 5.08. The van der Waals surface area contributed by atoms with E-state index in [1.807, 2.05) is 6.92 Å². The Hall–Kier alpha value is -2.57. The van der Waals surface area contributed by atoms with E-state index in [1.54, 1.807) is 6.92 Å². The van der Waals surface area contributed by atoms with Crippen LogP contribution in [0.25, 0.3) is 0 Å². The Morgan fingerprint density at radius 3 is 2.57 bits per heavy atom. The summed E-state index contributed by atoms with van der Waals surface area (Å²) < 4.78 is 9.51. The number of carbonyl (C=O) groups is 3. The predicted molar refractivity (Wildman–Crippen MR) is 81.8 cm³/mol. The smallest absolute Gasteiger partial charge is 0.338 e. The van der Waals surface area contributed by atoms with E-state index in [2.05, 4.69) is 10.1 Å². The maximum absolute atomic E-state index is 11.9. The number of hydrogen-bond acceptors (Lipinski definition) is 6. The molecule has 0 spiro atoms. The fourth-order valence-electron chi connectivity index (χ4n) is 1.86. The van der Waals surface area contributed by atoms with E-state index in [0.717, 1.165) is 0 Å². The van der Waals surface area contributed by atoms with Gasteiger partial charge in [-0.05, 0) is 24.1 Å². The fourth-order valence-corrected chi connectivity index (χ4v) is 1.86. The molecule has 0 aromatic heterocycles. The highest BCUT2D eigenvalue weighted by Crippen LogP contribution is 2.12. The molecule has 0 aliphatic heterocycles. The van der Waals surface area contributed by atoms with E-state index in [-0.39, 0.29) is 17.2 Å². The Morgan fingerprint density at radius 1 is 1.30 bits per heavy atom. The Kier molecular flexibility index (Phi) is 7.05. The van der Waals surface area contributed by atoms with Crippen molar-refractivity contribution in [3.63, 3.8) is 0 Å². The van der Waals surface area contributed by atoms with Gasteiger partial charge < -0.3 is 19.9 Å². The molecule has 1 aromatic rings. The summed E-state index contributed by atoms with van der Waals surface area (Å²) in [6.07, 6.45) is 0.670. The number of phenolic OH excluding ortho intramolecular Hbond substituents is 1. The van der Waals surface area contributed by atoms with Gasteiger partial charge in [0.25, 0.3) is 5.91 Å². The number of rotatable bonds is 7. The molecule has 7 heteroatoms. The monoisotopic (exact) mass is 323 g/mol. The van der Waals surface area contributed by atoms with Crippen LogP contribution in [-0.2, 0) is 19.1 Å². The Morgan fingerprint density at radius 2 is 2.00 bits per heavy atom. The molecule has 2 N–H and O–H groups in total. The van der Waals surface area contributed by atoms with Crippen molar-refractivity contribution in [3.05, 3.63) is 29.8 Å². The largest absolute Gasteiger partial charge is 0.508 e. The number of methoxy groups -OCH3 is 1. The molecular weight excluding hydrogens is 302 g/mol. The van der Waals surface area contributed by atoms with Crippen LogP contribution in [0.4, 0.5) is 0 Å². The van der Waals surface area contributed by atoms with Crippen molar-refractivity contribution in [2.75, 3.05) is 13.7 Å². The SMILES string of the molecule is CC[C@@H](C)[C@H](NC(=O)COC(=O)c1cccc(O)c1)C(=O)OC. The van der Waals surface area contributed by atoms with Crippen LogP contribution in [0.5, 0.6) is 5.75 Å².